The van der Waals surface area contributed by atoms with Crippen LogP contribution in [0.25, 0.3) is 16.6 Å². The van der Waals surface area contributed by atoms with Crippen molar-refractivity contribution in [2.24, 2.45) is 5.92 Å². The first-order valence-corrected chi connectivity index (χ1v) is 14.4. The summed E-state index contributed by atoms with van der Waals surface area (Å²) in [6.45, 7) is 9.18. The van der Waals surface area contributed by atoms with Crippen molar-refractivity contribution in [2.45, 2.75) is 58.8 Å². The lowest BCUT2D eigenvalue weighted by Crippen LogP contribution is -2.33. The molecule has 2 aromatic carbocycles. The van der Waals surface area contributed by atoms with E-state index in [2.05, 4.69) is 22.3 Å². The van der Waals surface area contributed by atoms with Gasteiger partial charge < -0.3 is 20.8 Å². The Morgan fingerprint density at radius 2 is 1.83 bits per heavy atom. The number of allylic oxidation sites excluding steroid dienone is 1. The highest BCUT2D eigenvalue weighted by Gasteiger charge is 2.25. The summed E-state index contributed by atoms with van der Waals surface area (Å²) in [6, 6.07) is 14.5. The van der Waals surface area contributed by atoms with Gasteiger partial charge in [-0.25, -0.2) is 4.39 Å². The van der Waals surface area contributed by atoms with E-state index < -0.39 is 0 Å². The quantitative estimate of drug-likeness (QED) is 0.142. The van der Waals surface area contributed by atoms with Crippen LogP contribution in [0.1, 0.15) is 69.9 Å². The zero-order valence-corrected chi connectivity index (χ0v) is 25.1. The van der Waals surface area contributed by atoms with Crippen molar-refractivity contribution in [1.82, 2.24) is 15.6 Å². The number of carbonyl (C=O) groups is 1. The Morgan fingerprint density at radius 1 is 1.12 bits per heavy atom. The lowest BCUT2D eigenvalue weighted by Gasteiger charge is -2.29. The van der Waals surface area contributed by atoms with Crippen molar-refractivity contribution in [1.29, 1.82) is 5.41 Å². The van der Waals surface area contributed by atoms with E-state index in [4.69, 9.17) is 10.1 Å². The lowest BCUT2D eigenvalue weighted by atomic mass is 9.78. The fourth-order valence-electron chi connectivity index (χ4n) is 5.28. The minimum Gasteiger partial charge on any atom is -0.496 e. The third-order valence-electron chi connectivity index (χ3n) is 7.24. The molecule has 4 rings (SSSR count). The van der Waals surface area contributed by atoms with Crippen molar-refractivity contribution < 1.29 is 13.9 Å². The molecule has 1 aromatic heterocycles. The molecule has 7 heteroatoms. The topological polar surface area (TPSA) is 87.1 Å². The predicted octanol–water partition coefficient (Wildman–Crippen LogP) is 7.66. The summed E-state index contributed by atoms with van der Waals surface area (Å²) in [7, 11) is 3.46. The smallest absolute Gasteiger partial charge is 0.253 e. The number of rotatable bonds is 9. The summed E-state index contributed by atoms with van der Waals surface area (Å²) in [5.74, 6) is 1.17. The number of para-hydroxylation sites is 1. The summed E-state index contributed by atoms with van der Waals surface area (Å²) in [6.07, 6.45) is 10.6. The highest BCUT2D eigenvalue weighted by molar-refractivity contribution is 6.04. The van der Waals surface area contributed by atoms with Gasteiger partial charge >= 0.3 is 0 Å². The standard InChI is InChI=1S/C31H36FN3O2.C2H6.CH3N/c1-4-5-8-26(30(33-2)25-9-6-7-10-29(25)37-3)31(36)35-20-21-11-13-22(14-12-21)24-17-18-34-28-16-15-23(32)19-27(24)28;2*1-2/h5-10,15-19,21-22,33H,4,11-14,20H2,1-3H3,(H,35,36);1-2H3;2H,1H2/b8-5+,30-26+;;. The Bertz CT molecular complexity index is 1310. The number of ether oxygens (including phenoxy) is 1. The molecule has 0 spiro atoms. The number of amides is 1. The number of pyridine rings is 1. The predicted molar refractivity (Wildman–Crippen MR) is 169 cm³/mol. The van der Waals surface area contributed by atoms with Crippen LogP contribution < -0.4 is 15.4 Å². The van der Waals surface area contributed by atoms with Crippen LogP contribution in [-0.2, 0) is 4.79 Å². The van der Waals surface area contributed by atoms with Crippen LogP contribution >= 0.6 is 0 Å². The van der Waals surface area contributed by atoms with Gasteiger partial charge in [0.05, 0.1) is 23.9 Å². The van der Waals surface area contributed by atoms with Crippen LogP contribution in [0.2, 0.25) is 0 Å². The van der Waals surface area contributed by atoms with E-state index in [1.165, 1.54) is 11.6 Å². The van der Waals surface area contributed by atoms with Crippen LogP contribution in [0, 0.1) is 17.1 Å². The summed E-state index contributed by atoms with van der Waals surface area (Å²) < 4.78 is 19.5. The highest BCUT2D eigenvalue weighted by Crippen LogP contribution is 2.38. The van der Waals surface area contributed by atoms with Gasteiger partial charge in [-0.05, 0) is 92.6 Å². The molecule has 0 bridgehead atoms. The van der Waals surface area contributed by atoms with Gasteiger partial charge in [0, 0.05) is 30.7 Å². The molecule has 1 amide bonds. The number of nitrogens with zero attached hydrogens (tertiary/aromatic N) is 1. The fraction of sp³-hybridized carbons (Fsp3) is 0.382. The van der Waals surface area contributed by atoms with Crippen molar-refractivity contribution in [3.63, 3.8) is 0 Å². The van der Waals surface area contributed by atoms with Crippen molar-refractivity contribution in [3.8, 4) is 5.75 Å². The molecule has 1 aliphatic rings. The first-order valence-electron chi connectivity index (χ1n) is 14.4. The van der Waals surface area contributed by atoms with Gasteiger partial charge in [0.2, 0.25) is 0 Å². The second-order valence-electron chi connectivity index (χ2n) is 9.54. The van der Waals surface area contributed by atoms with Crippen LogP contribution in [0.15, 0.2) is 72.5 Å². The molecule has 0 aliphatic heterocycles. The summed E-state index contributed by atoms with van der Waals surface area (Å²) in [5.41, 5.74) is 4.19. The molecule has 1 aliphatic carbocycles. The molecule has 1 saturated carbocycles. The van der Waals surface area contributed by atoms with E-state index in [9.17, 15) is 9.18 Å². The third kappa shape index (κ3) is 8.74. The maximum atomic E-state index is 13.9. The highest BCUT2D eigenvalue weighted by atomic mass is 19.1. The molecule has 3 N–H and O–H groups in total. The number of halogens is 1. The maximum Gasteiger partial charge on any atom is 0.253 e. The average molecular weight is 561 g/mol. The van der Waals surface area contributed by atoms with Crippen LogP contribution in [0.5, 0.6) is 5.75 Å². The first kappa shape index (κ1) is 33.2. The van der Waals surface area contributed by atoms with Crippen LogP contribution in [0.3, 0.4) is 0 Å². The first-order chi connectivity index (χ1) is 20.0. The number of aromatic nitrogens is 1. The number of methoxy groups -OCH3 is 1. The zero-order valence-electron chi connectivity index (χ0n) is 25.1. The van der Waals surface area contributed by atoms with Crippen molar-refractivity contribution in [2.75, 3.05) is 20.7 Å². The monoisotopic (exact) mass is 560 g/mol. The largest absolute Gasteiger partial charge is 0.496 e. The summed E-state index contributed by atoms with van der Waals surface area (Å²) >= 11 is 0. The van der Waals surface area contributed by atoms with Gasteiger partial charge in [0.25, 0.3) is 5.91 Å². The number of fused-ring (bicyclic) bond motifs is 1. The fourth-order valence-corrected chi connectivity index (χ4v) is 5.28. The Hall–Kier alpha value is -4.00. The van der Waals surface area contributed by atoms with Gasteiger partial charge in [0.1, 0.15) is 11.6 Å². The molecule has 6 nitrogen and oxygen atoms in total. The van der Waals surface area contributed by atoms with E-state index in [1.807, 2.05) is 76.5 Å². The van der Waals surface area contributed by atoms with E-state index in [0.717, 1.165) is 54.3 Å². The number of hydrogen-bond acceptors (Lipinski definition) is 5. The second-order valence-corrected chi connectivity index (χ2v) is 9.54. The Kier molecular flexibility index (Phi) is 14.3. The molecule has 3 aromatic rings. The van der Waals surface area contributed by atoms with Crippen molar-refractivity contribution >= 4 is 29.2 Å². The van der Waals surface area contributed by atoms with Crippen LogP contribution in [0.4, 0.5) is 4.39 Å². The van der Waals surface area contributed by atoms with E-state index >= 15 is 0 Å². The van der Waals surface area contributed by atoms with Crippen molar-refractivity contribution in [3.05, 3.63) is 89.4 Å². The molecule has 0 radical (unpaired) electrons. The average Bonchev–Trinajstić information content (AvgIpc) is 3.04. The minimum absolute atomic E-state index is 0.0994. The van der Waals surface area contributed by atoms with Gasteiger partial charge in [-0.2, -0.15) is 0 Å². The number of hydrogen-bond donors (Lipinski definition) is 3. The molecule has 0 atom stereocenters. The van der Waals surface area contributed by atoms with Gasteiger partial charge in [-0.15, -0.1) is 0 Å². The SMILES string of the molecule is C=N.CC.CC/C=C/C(C(=O)NCC1CCC(c2ccnc3ccc(F)cc23)CC1)=C(\NC)c1ccccc1OC. The van der Waals surface area contributed by atoms with E-state index in [0.29, 0.717) is 29.7 Å². The Balaban J connectivity index is 0.00000141. The minimum atomic E-state index is -0.229. The molecule has 0 unspecified atom stereocenters. The number of nitrogens with one attached hydrogen (secondary N) is 3. The molecule has 1 fully saturated rings. The van der Waals surface area contributed by atoms with E-state index in [-0.39, 0.29) is 11.7 Å². The van der Waals surface area contributed by atoms with Gasteiger partial charge in [-0.3, -0.25) is 9.78 Å². The van der Waals surface area contributed by atoms with Crippen LogP contribution in [-0.4, -0.2) is 38.3 Å². The van der Waals surface area contributed by atoms with Gasteiger partial charge in [-0.1, -0.05) is 45.1 Å². The Morgan fingerprint density at radius 3 is 2.49 bits per heavy atom. The molecule has 0 saturated heterocycles. The molecule has 1 heterocycles. The maximum absolute atomic E-state index is 13.9. The third-order valence-corrected chi connectivity index (χ3v) is 7.24. The number of benzene rings is 2. The van der Waals surface area contributed by atoms with E-state index in [1.54, 1.807) is 19.2 Å². The Labute approximate surface area is 244 Å². The number of carbonyl (C=O) groups excluding carboxylic acids is 1. The summed E-state index contributed by atoms with van der Waals surface area (Å²) in [4.78, 5) is 17.8. The normalized spacial score (nSPS) is 16.9. The molecule has 220 valence electrons. The second kappa shape index (κ2) is 17.6. The molecular weight excluding hydrogens is 515 g/mol. The summed E-state index contributed by atoms with van der Waals surface area (Å²) in [5, 5.41) is 12.8. The molecular formula is C34H45FN4O2. The van der Waals surface area contributed by atoms with Gasteiger partial charge in [0.15, 0.2) is 0 Å². The molecule has 41 heavy (non-hydrogen) atoms. The zero-order chi connectivity index (χ0) is 30.2. The lowest BCUT2D eigenvalue weighted by molar-refractivity contribution is -0.117.